The van der Waals surface area contributed by atoms with Gasteiger partial charge in [0.15, 0.2) is 0 Å². The van der Waals surface area contributed by atoms with Crippen molar-refractivity contribution < 1.29 is 4.79 Å². The zero-order valence-corrected chi connectivity index (χ0v) is 15.6. The molecule has 0 fully saturated rings. The van der Waals surface area contributed by atoms with Crippen LogP contribution in [0.4, 0.5) is 17.2 Å². The lowest BCUT2D eigenvalue weighted by atomic mass is 10.1. The van der Waals surface area contributed by atoms with Gasteiger partial charge in [-0.05, 0) is 49.6 Å². The Morgan fingerprint density at radius 2 is 1.89 bits per heavy atom. The average molecular weight is 357 g/mol. The van der Waals surface area contributed by atoms with E-state index in [4.69, 9.17) is 0 Å². The van der Waals surface area contributed by atoms with Gasteiger partial charge in [0, 0.05) is 11.7 Å². The van der Waals surface area contributed by atoms with Gasteiger partial charge in [0.1, 0.15) is 5.82 Å². The number of rotatable bonds is 4. The van der Waals surface area contributed by atoms with Gasteiger partial charge in [0.2, 0.25) is 5.91 Å². The number of carbonyl (C=O) groups excluding carboxylic acids is 1. The molecule has 1 atom stereocenters. The number of pyridine rings is 1. The normalized spacial score (nSPS) is 15.5. The van der Waals surface area contributed by atoms with Crippen LogP contribution in [0.15, 0.2) is 66.9 Å². The fraction of sp³-hybridized carbons (Fsp3) is 0.217. The predicted molar refractivity (Wildman–Crippen MR) is 109 cm³/mol. The number of nitrogens with one attached hydrogen (secondary N) is 1. The van der Waals surface area contributed by atoms with E-state index in [0.29, 0.717) is 18.3 Å². The Labute approximate surface area is 159 Å². The molecular weight excluding hydrogens is 334 g/mol. The first-order valence-electron chi connectivity index (χ1n) is 9.29. The van der Waals surface area contributed by atoms with E-state index < -0.39 is 0 Å². The average Bonchev–Trinajstić information content (AvgIpc) is 3.00. The molecule has 4 nitrogen and oxygen atoms in total. The molecule has 0 radical (unpaired) electrons. The minimum Gasteiger partial charge on any atom is -0.337 e. The number of anilines is 3. The number of hydrogen-bond donors (Lipinski definition) is 1. The quantitative estimate of drug-likeness (QED) is 0.739. The van der Waals surface area contributed by atoms with Crippen LogP contribution in [0.3, 0.4) is 0 Å². The largest absolute Gasteiger partial charge is 0.337 e. The first-order valence-corrected chi connectivity index (χ1v) is 9.29. The van der Waals surface area contributed by atoms with Crippen molar-refractivity contribution >= 4 is 23.1 Å². The summed E-state index contributed by atoms with van der Waals surface area (Å²) in [6, 6.07) is 20.8. The van der Waals surface area contributed by atoms with Gasteiger partial charge in [-0.15, -0.1) is 0 Å². The highest BCUT2D eigenvalue weighted by Gasteiger charge is 2.26. The SMILES string of the molecule is Cc1ccc(CC(=O)Nc2ccc(N3c4ccccc4CC3C)cn2)cc1. The predicted octanol–water partition coefficient (Wildman–Crippen LogP) is 4.65. The monoisotopic (exact) mass is 357 g/mol. The highest BCUT2D eigenvalue weighted by molar-refractivity contribution is 5.91. The van der Waals surface area contributed by atoms with Gasteiger partial charge in [0.05, 0.1) is 18.3 Å². The molecular formula is C23H23N3O. The van der Waals surface area contributed by atoms with Gasteiger partial charge in [-0.25, -0.2) is 4.98 Å². The van der Waals surface area contributed by atoms with Gasteiger partial charge >= 0.3 is 0 Å². The molecule has 136 valence electrons. The van der Waals surface area contributed by atoms with Crippen LogP contribution in [0.1, 0.15) is 23.6 Å². The summed E-state index contributed by atoms with van der Waals surface area (Å²) >= 11 is 0. The minimum absolute atomic E-state index is 0.0565. The summed E-state index contributed by atoms with van der Waals surface area (Å²) in [7, 11) is 0. The Kier molecular flexibility index (Phi) is 4.63. The summed E-state index contributed by atoms with van der Waals surface area (Å²) in [4.78, 5) is 19.0. The molecule has 0 aliphatic carbocycles. The van der Waals surface area contributed by atoms with Crippen molar-refractivity contribution in [2.75, 3.05) is 10.2 Å². The van der Waals surface area contributed by atoms with Crippen LogP contribution in [0, 0.1) is 6.92 Å². The van der Waals surface area contributed by atoms with E-state index in [1.54, 1.807) is 0 Å². The van der Waals surface area contributed by atoms with Crippen LogP contribution in [0.5, 0.6) is 0 Å². The van der Waals surface area contributed by atoms with Crippen LogP contribution in [0.25, 0.3) is 0 Å². The Hall–Kier alpha value is -3.14. The van der Waals surface area contributed by atoms with Gasteiger partial charge in [-0.1, -0.05) is 48.0 Å². The number of aromatic nitrogens is 1. The molecule has 0 saturated heterocycles. The van der Waals surface area contributed by atoms with Crippen LogP contribution >= 0.6 is 0 Å². The molecule has 2 heterocycles. The van der Waals surface area contributed by atoms with Crippen LogP contribution in [0.2, 0.25) is 0 Å². The number of carbonyl (C=O) groups is 1. The Balaban J connectivity index is 1.45. The van der Waals surface area contributed by atoms with E-state index in [2.05, 4.69) is 46.4 Å². The molecule has 0 saturated carbocycles. The standard InChI is InChI=1S/C23H23N3O/c1-16-7-9-18(10-8-16)14-23(27)25-22-12-11-20(15-24-22)26-17(2)13-19-5-3-4-6-21(19)26/h3-12,15,17H,13-14H2,1-2H3,(H,24,25,27). The van der Waals surface area contributed by atoms with Gasteiger partial charge in [-0.3, -0.25) is 4.79 Å². The van der Waals surface area contributed by atoms with Crippen molar-refractivity contribution in [3.63, 3.8) is 0 Å². The minimum atomic E-state index is -0.0565. The number of hydrogen-bond acceptors (Lipinski definition) is 3. The molecule has 3 aromatic rings. The maximum Gasteiger partial charge on any atom is 0.229 e. The second-order valence-electron chi connectivity index (χ2n) is 7.16. The molecule has 1 aliphatic rings. The molecule has 4 rings (SSSR count). The fourth-order valence-corrected chi connectivity index (χ4v) is 3.64. The summed E-state index contributed by atoms with van der Waals surface area (Å²) in [5.41, 5.74) is 5.83. The van der Waals surface area contributed by atoms with E-state index in [1.165, 1.54) is 16.8 Å². The van der Waals surface area contributed by atoms with Crippen LogP contribution < -0.4 is 10.2 Å². The Morgan fingerprint density at radius 1 is 1.11 bits per heavy atom. The lowest BCUT2D eigenvalue weighted by molar-refractivity contribution is -0.115. The smallest absolute Gasteiger partial charge is 0.229 e. The lowest BCUT2D eigenvalue weighted by Crippen LogP contribution is -2.24. The highest BCUT2D eigenvalue weighted by atomic mass is 16.1. The summed E-state index contributed by atoms with van der Waals surface area (Å²) in [6.45, 7) is 4.26. The van der Waals surface area contributed by atoms with Gasteiger partial charge in [0.25, 0.3) is 0 Å². The third-order valence-corrected chi connectivity index (χ3v) is 4.99. The number of amides is 1. The molecule has 1 aliphatic heterocycles. The zero-order valence-electron chi connectivity index (χ0n) is 15.6. The molecule has 1 aromatic heterocycles. The zero-order chi connectivity index (χ0) is 18.8. The Morgan fingerprint density at radius 3 is 2.63 bits per heavy atom. The number of para-hydroxylation sites is 1. The summed E-state index contributed by atoms with van der Waals surface area (Å²) in [6.07, 6.45) is 3.21. The van der Waals surface area contributed by atoms with Crippen LogP contribution in [-0.2, 0) is 17.6 Å². The summed E-state index contributed by atoms with van der Waals surface area (Å²) in [5, 5.41) is 2.88. The van der Waals surface area contributed by atoms with Crippen molar-refractivity contribution in [1.29, 1.82) is 0 Å². The maximum atomic E-state index is 12.3. The number of benzene rings is 2. The molecule has 1 amide bonds. The number of nitrogens with zero attached hydrogens (tertiary/aromatic N) is 2. The van der Waals surface area contributed by atoms with E-state index in [0.717, 1.165) is 17.7 Å². The second kappa shape index (κ2) is 7.23. The van der Waals surface area contributed by atoms with Gasteiger partial charge in [-0.2, -0.15) is 0 Å². The first kappa shape index (κ1) is 17.3. The number of aryl methyl sites for hydroxylation is 1. The first-order chi connectivity index (χ1) is 13.1. The van der Waals surface area contributed by atoms with Gasteiger partial charge < -0.3 is 10.2 Å². The van der Waals surface area contributed by atoms with Crippen molar-refractivity contribution in [2.45, 2.75) is 32.7 Å². The highest BCUT2D eigenvalue weighted by Crippen LogP contribution is 2.37. The third kappa shape index (κ3) is 3.70. The number of fused-ring (bicyclic) bond motifs is 1. The molecule has 1 N–H and O–H groups in total. The van der Waals surface area contributed by atoms with Crippen molar-refractivity contribution in [3.8, 4) is 0 Å². The third-order valence-electron chi connectivity index (χ3n) is 4.99. The topological polar surface area (TPSA) is 45.2 Å². The van der Waals surface area contributed by atoms with Crippen LogP contribution in [-0.4, -0.2) is 16.9 Å². The second-order valence-corrected chi connectivity index (χ2v) is 7.16. The van der Waals surface area contributed by atoms with E-state index in [1.807, 2.05) is 49.5 Å². The summed E-state index contributed by atoms with van der Waals surface area (Å²) < 4.78 is 0. The molecule has 1 unspecified atom stereocenters. The van der Waals surface area contributed by atoms with E-state index in [9.17, 15) is 4.79 Å². The summed E-state index contributed by atoms with van der Waals surface area (Å²) in [5.74, 6) is 0.523. The van der Waals surface area contributed by atoms with Crippen molar-refractivity contribution in [1.82, 2.24) is 4.98 Å². The van der Waals surface area contributed by atoms with E-state index >= 15 is 0 Å². The fourth-order valence-electron chi connectivity index (χ4n) is 3.64. The molecule has 27 heavy (non-hydrogen) atoms. The van der Waals surface area contributed by atoms with Crippen molar-refractivity contribution in [2.24, 2.45) is 0 Å². The molecule has 0 bridgehead atoms. The lowest BCUT2D eigenvalue weighted by Gasteiger charge is -2.24. The molecule has 2 aromatic carbocycles. The molecule has 4 heteroatoms. The molecule has 0 spiro atoms. The maximum absolute atomic E-state index is 12.3. The van der Waals surface area contributed by atoms with Crippen molar-refractivity contribution in [3.05, 3.63) is 83.6 Å². The van der Waals surface area contributed by atoms with E-state index in [-0.39, 0.29) is 5.91 Å². The Bertz CT molecular complexity index is 948.